The Bertz CT molecular complexity index is 789. The second kappa shape index (κ2) is 8.14. The lowest BCUT2D eigenvalue weighted by Gasteiger charge is -2.29. The van der Waals surface area contributed by atoms with E-state index in [1.54, 1.807) is 36.4 Å². The van der Waals surface area contributed by atoms with E-state index in [0.29, 0.717) is 42.7 Å². The Balaban J connectivity index is 1.64. The number of morpholine rings is 1. The maximum Gasteiger partial charge on any atom is 0.248 e. The fourth-order valence-electron chi connectivity index (χ4n) is 2.61. The summed E-state index contributed by atoms with van der Waals surface area (Å²) in [5, 5.41) is 3.26. The smallest absolute Gasteiger partial charge is 0.248 e. The van der Waals surface area contributed by atoms with E-state index in [0.717, 1.165) is 5.56 Å². The van der Waals surface area contributed by atoms with Crippen molar-refractivity contribution < 1.29 is 13.9 Å². The van der Waals surface area contributed by atoms with Crippen molar-refractivity contribution in [1.29, 1.82) is 0 Å². The van der Waals surface area contributed by atoms with Crippen LogP contribution < -0.4 is 10.2 Å². The Morgan fingerprint density at radius 1 is 1.20 bits per heavy atom. The maximum atomic E-state index is 14.3. The van der Waals surface area contributed by atoms with Crippen LogP contribution in [-0.2, 0) is 9.53 Å². The van der Waals surface area contributed by atoms with Crippen molar-refractivity contribution in [3.63, 3.8) is 0 Å². The van der Waals surface area contributed by atoms with Crippen LogP contribution in [0.3, 0.4) is 0 Å². The summed E-state index contributed by atoms with van der Waals surface area (Å²) in [6.45, 7) is 2.49. The van der Waals surface area contributed by atoms with Crippen molar-refractivity contribution in [3.8, 4) is 0 Å². The number of nitrogens with one attached hydrogen (secondary N) is 1. The lowest BCUT2D eigenvalue weighted by molar-refractivity contribution is -0.111. The molecule has 6 heteroatoms. The molecule has 0 bridgehead atoms. The lowest BCUT2D eigenvalue weighted by atomic mass is 10.2. The average molecular weight is 361 g/mol. The van der Waals surface area contributed by atoms with Crippen LogP contribution in [0, 0.1) is 5.82 Å². The van der Waals surface area contributed by atoms with Gasteiger partial charge in [-0.2, -0.15) is 0 Å². The molecule has 3 rings (SSSR count). The normalized spacial score (nSPS) is 14.7. The van der Waals surface area contributed by atoms with Crippen LogP contribution >= 0.6 is 11.6 Å². The standard InChI is InChI=1S/C19H18ClFN2O2/c20-15-3-1-2-14(12-15)4-7-19(24)22-16-5-6-18(17(21)13-16)23-8-10-25-11-9-23/h1-7,12-13H,8-11H2,(H,22,24)/b7-4+. The number of hydrogen-bond donors (Lipinski definition) is 1. The van der Waals surface area contributed by atoms with E-state index in [4.69, 9.17) is 16.3 Å². The maximum absolute atomic E-state index is 14.3. The van der Waals surface area contributed by atoms with Gasteiger partial charge in [-0.05, 0) is 42.0 Å². The second-order valence-electron chi connectivity index (χ2n) is 5.64. The van der Waals surface area contributed by atoms with Crippen LogP contribution in [0.5, 0.6) is 0 Å². The average Bonchev–Trinajstić information content (AvgIpc) is 2.61. The zero-order valence-corrected chi connectivity index (χ0v) is 14.3. The van der Waals surface area contributed by atoms with Gasteiger partial charge >= 0.3 is 0 Å². The number of ether oxygens (including phenoxy) is 1. The molecule has 0 saturated carbocycles. The molecule has 1 heterocycles. The molecule has 0 aromatic heterocycles. The summed E-state index contributed by atoms with van der Waals surface area (Å²) in [5.74, 6) is -0.697. The highest BCUT2D eigenvalue weighted by atomic mass is 35.5. The first-order valence-electron chi connectivity index (χ1n) is 7.99. The van der Waals surface area contributed by atoms with E-state index in [9.17, 15) is 9.18 Å². The zero-order valence-electron chi connectivity index (χ0n) is 13.5. The second-order valence-corrected chi connectivity index (χ2v) is 6.08. The Labute approximate surface area is 150 Å². The number of nitrogens with zero attached hydrogens (tertiary/aromatic N) is 1. The van der Waals surface area contributed by atoms with Crippen molar-refractivity contribution in [2.24, 2.45) is 0 Å². The first-order chi connectivity index (χ1) is 12.1. The van der Waals surface area contributed by atoms with Gasteiger partial charge in [0.25, 0.3) is 0 Å². The van der Waals surface area contributed by atoms with Gasteiger partial charge in [-0.15, -0.1) is 0 Å². The molecule has 0 unspecified atom stereocenters. The van der Waals surface area contributed by atoms with Gasteiger partial charge in [0, 0.05) is 29.9 Å². The number of halogens is 2. The molecular formula is C19H18ClFN2O2. The van der Waals surface area contributed by atoms with Gasteiger partial charge in [0.05, 0.1) is 18.9 Å². The molecule has 1 aliphatic heterocycles. The van der Waals surface area contributed by atoms with Gasteiger partial charge in [0.1, 0.15) is 5.82 Å². The molecule has 0 radical (unpaired) electrons. The monoisotopic (exact) mass is 360 g/mol. The number of carbonyl (C=O) groups excluding carboxylic acids is 1. The van der Waals surface area contributed by atoms with E-state index >= 15 is 0 Å². The van der Waals surface area contributed by atoms with Crippen LogP contribution in [0.1, 0.15) is 5.56 Å². The number of anilines is 2. The summed E-state index contributed by atoms with van der Waals surface area (Å²) in [7, 11) is 0. The summed E-state index contributed by atoms with van der Waals surface area (Å²) in [6, 6.07) is 11.9. The third kappa shape index (κ3) is 4.81. The van der Waals surface area contributed by atoms with Crippen molar-refractivity contribution in [2.45, 2.75) is 0 Å². The van der Waals surface area contributed by atoms with Gasteiger partial charge in [-0.3, -0.25) is 4.79 Å². The first kappa shape index (κ1) is 17.5. The molecule has 0 aliphatic carbocycles. The molecular weight excluding hydrogens is 343 g/mol. The molecule has 4 nitrogen and oxygen atoms in total. The lowest BCUT2D eigenvalue weighted by Crippen LogP contribution is -2.36. The van der Waals surface area contributed by atoms with Crippen LogP contribution in [0.25, 0.3) is 6.08 Å². The highest BCUT2D eigenvalue weighted by Gasteiger charge is 2.15. The highest BCUT2D eigenvalue weighted by Crippen LogP contribution is 2.23. The quantitative estimate of drug-likeness (QED) is 0.839. The SMILES string of the molecule is O=C(/C=C/c1cccc(Cl)c1)Nc1ccc(N2CCOCC2)c(F)c1. The summed E-state index contributed by atoms with van der Waals surface area (Å²) < 4.78 is 19.6. The van der Waals surface area contributed by atoms with Gasteiger partial charge < -0.3 is 15.0 Å². The summed E-state index contributed by atoms with van der Waals surface area (Å²) in [5.41, 5.74) is 1.75. The predicted molar refractivity (Wildman–Crippen MR) is 98.5 cm³/mol. The Kier molecular flexibility index (Phi) is 5.68. The van der Waals surface area contributed by atoms with Crippen molar-refractivity contribution in [3.05, 3.63) is 64.9 Å². The minimum atomic E-state index is -0.362. The van der Waals surface area contributed by atoms with Gasteiger partial charge in [0.2, 0.25) is 5.91 Å². The third-order valence-electron chi connectivity index (χ3n) is 3.84. The fourth-order valence-corrected chi connectivity index (χ4v) is 2.81. The van der Waals surface area contributed by atoms with E-state index in [2.05, 4.69) is 5.32 Å². The molecule has 1 saturated heterocycles. The molecule has 130 valence electrons. The summed E-state index contributed by atoms with van der Waals surface area (Å²) in [4.78, 5) is 13.9. The van der Waals surface area contributed by atoms with Crippen LogP contribution in [0.15, 0.2) is 48.5 Å². The fraction of sp³-hybridized carbons (Fsp3) is 0.211. The molecule has 1 fully saturated rings. The number of rotatable bonds is 4. The number of carbonyl (C=O) groups is 1. The minimum Gasteiger partial charge on any atom is -0.378 e. The third-order valence-corrected chi connectivity index (χ3v) is 4.08. The van der Waals surface area contributed by atoms with E-state index in [1.165, 1.54) is 12.1 Å². The number of benzene rings is 2. The van der Waals surface area contributed by atoms with Gasteiger partial charge in [-0.25, -0.2) is 4.39 Å². The van der Waals surface area contributed by atoms with E-state index < -0.39 is 0 Å². The molecule has 2 aromatic rings. The highest BCUT2D eigenvalue weighted by molar-refractivity contribution is 6.30. The Hall–Kier alpha value is -2.37. The number of hydrogen-bond acceptors (Lipinski definition) is 3. The zero-order chi connectivity index (χ0) is 17.6. The molecule has 1 N–H and O–H groups in total. The topological polar surface area (TPSA) is 41.6 Å². The van der Waals surface area contributed by atoms with Crippen molar-refractivity contribution >= 4 is 35.0 Å². The molecule has 0 spiro atoms. The number of amides is 1. The van der Waals surface area contributed by atoms with Crippen LogP contribution in [0.4, 0.5) is 15.8 Å². The largest absolute Gasteiger partial charge is 0.378 e. The minimum absolute atomic E-state index is 0.335. The molecule has 1 aliphatic rings. The molecule has 2 aromatic carbocycles. The van der Waals surface area contributed by atoms with Gasteiger partial charge in [0.15, 0.2) is 0 Å². The van der Waals surface area contributed by atoms with Crippen LogP contribution in [0.2, 0.25) is 5.02 Å². The summed E-state index contributed by atoms with van der Waals surface area (Å²) in [6.07, 6.45) is 3.04. The van der Waals surface area contributed by atoms with E-state index in [-0.39, 0.29) is 11.7 Å². The predicted octanol–water partition coefficient (Wildman–Crippen LogP) is 3.97. The first-order valence-corrected chi connectivity index (χ1v) is 8.36. The Morgan fingerprint density at radius 2 is 2.00 bits per heavy atom. The van der Waals surface area contributed by atoms with Crippen molar-refractivity contribution in [2.75, 3.05) is 36.5 Å². The van der Waals surface area contributed by atoms with Gasteiger partial charge in [-0.1, -0.05) is 23.7 Å². The van der Waals surface area contributed by atoms with Crippen LogP contribution in [-0.4, -0.2) is 32.2 Å². The Morgan fingerprint density at radius 3 is 2.72 bits per heavy atom. The summed E-state index contributed by atoms with van der Waals surface area (Å²) >= 11 is 5.90. The molecule has 0 atom stereocenters. The molecule has 1 amide bonds. The van der Waals surface area contributed by atoms with E-state index in [1.807, 2.05) is 11.0 Å². The van der Waals surface area contributed by atoms with Crippen molar-refractivity contribution in [1.82, 2.24) is 0 Å². The molecule has 25 heavy (non-hydrogen) atoms.